The van der Waals surface area contributed by atoms with E-state index in [1.54, 1.807) is 20.8 Å². The van der Waals surface area contributed by atoms with E-state index >= 15 is 0 Å². The van der Waals surface area contributed by atoms with Crippen molar-refractivity contribution in [2.45, 2.75) is 26.8 Å². The molecule has 3 N–H and O–H groups in total. The van der Waals surface area contributed by atoms with E-state index in [2.05, 4.69) is 5.32 Å². The van der Waals surface area contributed by atoms with Crippen LogP contribution in [0.5, 0.6) is 0 Å². The molecule has 0 unspecified atom stereocenters. The molecule has 100 valence electrons. The lowest BCUT2D eigenvalue weighted by atomic mass is 9.87. The van der Waals surface area contributed by atoms with Gasteiger partial charge in [-0.3, -0.25) is 4.79 Å². The van der Waals surface area contributed by atoms with Crippen molar-refractivity contribution in [1.82, 2.24) is 0 Å². The van der Waals surface area contributed by atoms with Gasteiger partial charge >= 0.3 is 0 Å². The second-order valence-electron chi connectivity index (χ2n) is 5.08. The van der Waals surface area contributed by atoms with Crippen LogP contribution in [0.4, 0.5) is 18.9 Å². The van der Waals surface area contributed by atoms with Crippen LogP contribution in [0.3, 0.4) is 0 Å². The highest BCUT2D eigenvalue weighted by atomic mass is 19.2. The predicted molar refractivity (Wildman–Crippen MR) is 62.4 cm³/mol. The molecule has 0 fully saturated rings. The summed E-state index contributed by atoms with van der Waals surface area (Å²) in [5.41, 5.74) is 4.54. The fourth-order valence-corrected chi connectivity index (χ4v) is 1.25. The summed E-state index contributed by atoms with van der Waals surface area (Å²) in [6, 6.07) is 0.170. The Kier molecular flexibility index (Phi) is 4.01. The van der Waals surface area contributed by atoms with E-state index < -0.39 is 40.5 Å². The van der Waals surface area contributed by atoms with Gasteiger partial charge < -0.3 is 11.1 Å². The summed E-state index contributed by atoms with van der Waals surface area (Å²) in [6.07, 6.45) is 0. The maximum Gasteiger partial charge on any atom is 0.241 e. The number of anilines is 1. The first kappa shape index (κ1) is 14.5. The quantitative estimate of drug-likeness (QED) is 0.802. The number of nitrogens with two attached hydrogens (primary N) is 1. The van der Waals surface area contributed by atoms with E-state index in [9.17, 15) is 18.0 Å². The third-order valence-corrected chi connectivity index (χ3v) is 2.47. The topological polar surface area (TPSA) is 55.1 Å². The Hall–Kier alpha value is -1.56. The third-order valence-electron chi connectivity index (χ3n) is 2.47. The van der Waals surface area contributed by atoms with Gasteiger partial charge in [-0.1, -0.05) is 20.8 Å². The van der Waals surface area contributed by atoms with Crippen molar-refractivity contribution in [1.29, 1.82) is 0 Å². The van der Waals surface area contributed by atoms with Gasteiger partial charge in [0.25, 0.3) is 0 Å². The van der Waals surface area contributed by atoms with Crippen molar-refractivity contribution in [3.05, 3.63) is 29.6 Å². The summed E-state index contributed by atoms with van der Waals surface area (Å²) in [4.78, 5) is 11.7. The van der Waals surface area contributed by atoms with E-state index in [1.807, 2.05) is 0 Å². The SMILES string of the molecule is CC(C)(C)[C@@H](N)C(=O)Nc1cc(F)cc(F)c1F. The Morgan fingerprint density at radius 1 is 1.28 bits per heavy atom. The van der Waals surface area contributed by atoms with Gasteiger partial charge in [0, 0.05) is 12.1 Å². The number of benzene rings is 1. The second kappa shape index (κ2) is 4.97. The number of amides is 1. The van der Waals surface area contributed by atoms with Gasteiger partial charge in [0.1, 0.15) is 5.82 Å². The standard InChI is InChI=1S/C12H15F3N2O/c1-12(2,3)10(16)11(18)17-8-5-6(13)4-7(14)9(8)15/h4-5,10H,16H2,1-3H3,(H,17,18)/t10-/m0/s1. The molecule has 0 aliphatic rings. The summed E-state index contributed by atoms with van der Waals surface area (Å²) in [6.45, 7) is 5.17. The number of carbonyl (C=O) groups is 1. The molecule has 0 aliphatic carbocycles. The van der Waals surface area contributed by atoms with Crippen LogP contribution in [-0.2, 0) is 4.79 Å². The number of hydrogen-bond acceptors (Lipinski definition) is 2. The van der Waals surface area contributed by atoms with E-state index in [-0.39, 0.29) is 0 Å². The van der Waals surface area contributed by atoms with Crippen LogP contribution in [0.15, 0.2) is 12.1 Å². The van der Waals surface area contributed by atoms with E-state index in [1.165, 1.54) is 0 Å². The molecule has 1 amide bonds. The number of rotatable bonds is 2. The third kappa shape index (κ3) is 3.22. The van der Waals surface area contributed by atoms with Crippen LogP contribution in [0.2, 0.25) is 0 Å². The molecule has 3 nitrogen and oxygen atoms in total. The normalized spacial score (nSPS) is 13.3. The summed E-state index contributed by atoms with van der Waals surface area (Å²) in [5, 5.41) is 2.08. The Bertz CT molecular complexity index is 469. The van der Waals surface area contributed by atoms with Crippen LogP contribution in [0.1, 0.15) is 20.8 Å². The van der Waals surface area contributed by atoms with E-state index in [4.69, 9.17) is 5.73 Å². The number of nitrogens with one attached hydrogen (secondary N) is 1. The zero-order chi connectivity index (χ0) is 14.1. The van der Waals surface area contributed by atoms with Crippen molar-refractivity contribution >= 4 is 11.6 Å². The predicted octanol–water partition coefficient (Wildman–Crippen LogP) is 2.42. The maximum absolute atomic E-state index is 13.3. The highest BCUT2D eigenvalue weighted by Gasteiger charge is 2.28. The molecular weight excluding hydrogens is 245 g/mol. The molecule has 0 saturated heterocycles. The zero-order valence-electron chi connectivity index (χ0n) is 10.4. The molecule has 1 aromatic carbocycles. The van der Waals surface area contributed by atoms with Crippen molar-refractivity contribution in [2.75, 3.05) is 5.32 Å². The zero-order valence-corrected chi connectivity index (χ0v) is 10.4. The first-order valence-electron chi connectivity index (χ1n) is 5.34. The summed E-state index contributed by atoms with van der Waals surface area (Å²) in [7, 11) is 0. The molecule has 6 heteroatoms. The highest BCUT2D eigenvalue weighted by molar-refractivity contribution is 5.95. The highest BCUT2D eigenvalue weighted by Crippen LogP contribution is 2.22. The first-order chi connectivity index (χ1) is 8.12. The molecule has 0 aliphatic heterocycles. The number of halogens is 3. The molecule has 0 heterocycles. The smallest absolute Gasteiger partial charge is 0.241 e. The van der Waals surface area contributed by atoms with Crippen LogP contribution >= 0.6 is 0 Å². The summed E-state index contributed by atoms with van der Waals surface area (Å²) in [5.74, 6) is -4.36. The molecule has 0 bridgehead atoms. The van der Waals surface area contributed by atoms with Gasteiger partial charge in [-0.15, -0.1) is 0 Å². The fraction of sp³-hybridized carbons (Fsp3) is 0.417. The lowest BCUT2D eigenvalue weighted by molar-refractivity contribution is -0.119. The largest absolute Gasteiger partial charge is 0.322 e. The van der Waals surface area contributed by atoms with Crippen molar-refractivity contribution in [2.24, 2.45) is 11.1 Å². The second-order valence-corrected chi connectivity index (χ2v) is 5.08. The van der Waals surface area contributed by atoms with Gasteiger partial charge in [0.2, 0.25) is 5.91 Å². The minimum atomic E-state index is -1.37. The molecule has 1 rings (SSSR count). The van der Waals surface area contributed by atoms with Crippen LogP contribution in [0, 0.1) is 22.9 Å². The fourth-order valence-electron chi connectivity index (χ4n) is 1.25. The molecule has 0 radical (unpaired) electrons. The molecule has 18 heavy (non-hydrogen) atoms. The molecule has 0 saturated carbocycles. The Morgan fingerprint density at radius 2 is 1.83 bits per heavy atom. The van der Waals surface area contributed by atoms with Gasteiger partial charge in [-0.2, -0.15) is 0 Å². The Morgan fingerprint density at radius 3 is 2.33 bits per heavy atom. The lowest BCUT2D eigenvalue weighted by Crippen LogP contribution is -2.45. The minimum absolute atomic E-state index is 0.397. The van der Waals surface area contributed by atoms with Crippen LogP contribution in [-0.4, -0.2) is 11.9 Å². The van der Waals surface area contributed by atoms with Crippen LogP contribution in [0.25, 0.3) is 0 Å². The van der Waals surface area contributed by atoms with Crippen LogP contribution < -0.4 is 11.1 Å². The molecule has 0 spiro atoms. The maximum atomic E-state index is 13.3. The van der Waals surface area contributed by atoms with E-state index in [0.717, 1.165) is 0 Å². The van der Waals surface area contributed by atoms with Crippen molar-refractivity contribution in [3.8, 4) is 0 Å². The average molecular weight is 260 g/mol. The Balaban J connectivity index is 2.96. The molecule has 1 aromatic rings. The Labute approximate surface area is 103 Å². The molecule has 0 aromatic heterocycles. The van der Waals surface area contributed by atoms with Gasteiger partial charge in [-0.05, 0) is 5.41 Å². The number of carbonyl (C=O) groups excluding carboxylic acids is 1. The number of hydrogen-bond donors (Lipinski definition) is 2. The van der Waals surface area contributed by atoms with Gasteiger partial charge in [0.15, 0.2) is 11.6 Å². The molecular formula is C12H15F3N2O. The monoisotopic (exact) mass is 260 g/mol. The minimum Gasteiger partial charge on any atom is -0.322 e. The van der Waals surface area contributed by atoms with Gasteiger partial charge in [0.05, 0.1) is 11.7 Å². The van der Waals surface area contributed by atoms with Gasteiger partial charge in [-0.25, -0.2) is 13.2 Å². The lowest BCUT2D eigenvalue weighted by Gasteiger charge is -2.25. The van der Waals surface area contributed by atoms with Crippen molar-refractivity contribution in [3.63, 3.8) is 0 Å². The molecule has 1 atom stereocenters. The van der Waals surface area contributed by atoms with E-state index in [0.29, 0.717) is 12.1 Å². The summed E-state index contributed by atoms with van der Waals surface area (Å²) < 4.78 is 39.1. The first-order valence-corrected chi connectivity index (χ1v) is 5.34. The van der Waals surface area contributed by atoms with Crippen molar-refractivity contribution < 1.29 is 18.0 Å². The summed E-state index contributed by atoms with van der Waals surface area (Å²) >= 11 is 0. The average Bonchev–Trinajstić information content (AvgIpc) is 2.22.